The molecule has 0 unspecified atom stereocenters. The van der Waals surface area contributed by atoms with Crippen LogP contribution in [0.2, 0.25) is 0 Å². The van der Waals surface area contributed by atoms with Gasteiger partial charge in [-0.2, -0.15) is 0 Å². The topological polar surface area (TPSA) is 105 Å². The standard InChI is InChI=1S/C26H31N3O6/c1-4-34-25(32)21(16-18-10-12-20(13-11-18)35-26(33)28(2)3)27-24(31)22-14-15-23(30)29(22)17-19-8-6-5-7-9-19/h5-13,21-22H,4,14-17H2,1-3H3,(H,27,31)/t21-,22-/m0/s1. The molecule has 186 valence electrons. The van der Waals surface area contributed by atoms with Gasteiger partial charge < -0.3 is 24.6 Å². The van der Waals surface area contributed by atoms with Gasteiger partial charge in [-0.25, -0.2) is 9.59 Å². The van der Waals surface area contributed by atoms with Gasteiger partial charge in [-0.1, -0.05) is 42.5 Å². The summed E-state index contributed by atoms with van der Waals surface area (Å²) in [5, 5.41) is 2.79. The van der Waals surface area contributed by atoms with Gasteiger partial charge in [0.05, 0.1) is 6.61 Å². The van der Waals surface area contributed by atoms with Gasteiger partial charge >= 0.3 is 12.1 Å². The molecule has 0 radical (unpaired) electrons. The number of carbonyl (C=O) groups is 4. The molecule has 9 nitrogen and oxygen atoms in total. The van der Waals surface area contributed by atoms with Crippen molar-refractivity contribution in [2.24, 2.45) is 0 Å². The summed E-state index contributed by atoms with van der Waals surface area (Å²) in [6.07, 6.45) is 0.355. The number of hydrogen-bond donors (Lipinski definition) is 1. The summed E-state index contributed by atoms with van der Waals surface area (Å²) in [4.78, 5) is 52.9. The van der Waals surface area contributed by atoms with Gasteiger partial charge in [-0.3, -0.25) is 9.59 Å². The summed E-state index contributed by atoms with van der Waals surface area (Å²) in [6.45, 7) is 2.20. The molecule has 1 aliphatic heterocycles. The van der Waals surface area contributed by atoms with Crippen LogP contribution in [0.15, 0.2) is 54.6 Å². The first-order valence-electron chi connectivity index (χ1n) is 11.6. The maximum Gasteiger partial charge on any atom is 0.414 e. The van der Waals surface area contributed by atoms with E-state index in [1.54, 1.807) is 50.2 Å². The minimum absolute atomic E-state index is 0.0930. The van der Waals surface area contributed by atoms with Crippen molar-refractivity contribution in [1.29, 1.82) is 0 Å². The number of rotatable bonds is 9. The van der Waals surface area contributed by atoms with Crippen molar-refractivity contribution < 1.29 is 28.7 Å². The minimum Gasteiger partial charge on any atom is -0.464 e. The van der Waals surface area contributed by atoms with E-state index in [1.807, 2.05) is 30.3 Å². The molecule has 3 rings (SSSR count). The van der Waals surface area contributed by atoms with E-state index in [1.165, 1.54) is 4.90 Å². The van der Waals surface area contributed by atoms with Gasteiger partial charge in [0.15, 0.2) is 0 Å². The lowest BCUT2D eigenvalue weighted by Gasteiger charge is -2.26. The number of likely N-dealkylation sites (tertiary alicyclic amines) is 1. The van der Waals surface area contributed by atoms with Crippen LogP contribution in [0.3, 0.4) is 0 Å². The molecule has 1 aliphatic rings. The Morgan fingerprint density at radius 3 is 2.37 bits per heavy atom. The SMILES string of the molecule is CCOC(=O)[C@H](Cc1ccc(OC(=O)N(C)C)cc1)NC(=O)[C@@H]1CCC(=O)N1Cc1ccccc1. The van der Waals surface area contributed by atoms with Crippen LogP contribution in [0.5, 0.6) is 5.75 Å². The number of nitrogens with one attached hydrogen (secondary N) is 1. The number of ether oxygens (including phenoxy) is 2. The molecule has 2 aromatic rings. The lowest BCUT2D eigenvalue weighted by atomic mass is 10.0. The zero-order chi connectivity index (χ0) is 25.4. The van der Waals surface area contributed by atoms with Crippen LogP contribution in [0.4, 0.5) is 4.79 Å². The van der Waals surface area contributed by atoms with Crippen LogP contribution in [0.25, 0.3) is 0 Å². The van der Waals surface area contributed by atoms with E-state index in [0.29, 0.717) is 18.7 Å². The highest BCUT2D eigenvalue weighted by atomic mass is 16.6. The van der Waals surface area contributed by atoms with E-state index in [0.717, 1.165) is 11.1 Å². The number of esters is 1. The third-order valence-corrected chi connectivity index (χ3v) is 5.65. The number of amides is 3. The van der Waals surface area contributed by atoms with Crippen molar-refractivity contribution in [2.75, 3.05) is 20.7 Å². The molecule has 2 atom stereocenters. The van der Waals surface area contributed by atoms with Crippen LogP contribution >= 0.6 is 0 Å². The first-order chi connectivity index (χ1) is 16.8. The molecule has 0 bridgehead atoms. The molecule has 0 spiro atoms. The van der Waals surface area contributed by atoms with Gasteiger partial charge in [0.2, 0.25) is 11.8 Å². The molecule has 0 saturated carbocycles. The van der Waals surface area contributed by atoms with Gasteiger partial charge in [0, 0.05) is 33.5 Å². The molecular weight excluding hydrogens is 450 g/mol. The van der Waals surface area contributed by atoms with Crippen LogP contribution in [-0.4, -0.2) is 66.5 Å². The second kappa shape index (κ2) is 12.0. The molecule has 0 aromatic heterocycles. The van der Waals surface area contributed by atoms with Crippen molar-refractivity contribution in [3.63, 3.8) is 0 Å². The Morgan fingerprint density at radius 1 is 1.06 bits per heavy atom. The summed E-state index contributed by atoms with van der Waals surface area (Å²) in [6, 6.07) is 14.6. The van der Waals surface area contributed by atoms with Crippen LogP contribution in [-0.2, 0) is 32.1 Å². The number of carbonyl (C=O) groups excluding carboxylic acids is 4. The van der Waals surface area contributed by atoms with Crippen molar-refractivity contribution in [1.82, 2.24) is 15.1 Å². The summed E-state index contributed by atoms with van der Waals surface area (Å²) < 4.78 is 10.4. The Hall–Kier alpha value is -3.88. The third-order valence-electron chi connectivity index (χ3n) is 5.65. The number of nitrogens with zero attached hydrogens (tertiary/aromatic N) is 2. The van der Waals surface area contributed by atoms with E-state index < -0.39 is 24.1 Å². The zero-order valence-electron chi connectivity index (χ0n) is 20.2. The van der Waals surface area contributed by atoms with Crippen molar-refractivity contribution in [3.05, 3.63) is 65.7 Å². The fourth-order valence-electron chi connectivity index (χ4n) is 3.81. The highest BCUT2D eigenvalue weighted by Crippen LogP contribution is 2.22. The smallest absolute Gasteiger partial charge is 0.414 e. The molecular formula is C26H31N3O6. The quantitative estimate of drug-likeness (QED) is 0.552. The second-order valence-electron chi connectivity index (χ2n) is 8.49. The molecule has 0 aliphatic carbocycles. The maximum atomic E-state index is 13.2. The van der Waals surface area contributed by atoms with E-state index in [4.69, 9.17) is 9.47 Å². The van der Waals surface area contributed by atoms with Crippen molar-refractivity contribution in [3.8, 4) is 5.75 Å². The Morgan fingerprint density at radius 2 is 1.74 bits per heavy atom. The number of hydrogen-bond acceptors (Lipinski definition) is 6. The third kappa shape index (κ3) is 7.05. The second-order valence-corrected chi connectivity index (χ2v) is 8.49. The van der Waals surface area contributed by atoms with Crippen molar-refractivity contribution in [2.45, 2.75) is 44.8 Å². The maximum absolute atomic E-state index is 13.2. The predicted octanol–water partition coefficient (Wildman–Crippen LogP) is 2.53. The van der Waals surface area contributed by atoms with Gasteiger partial charge in [-0.15, -0.1) is 0 Å². The lowest BCUT2D eigenvalue weighted by Crippen LogP contribution is -2.51. The summed E-state index contributed by atoms with van der Waals surface area (Å²) in [5.74, 6) is -0.668. The molecule has 1 fully saturated rings. The highest BCUT2D eigenvalue weighted by molar-refractivity contribution is 5.93. The predicted molar refractivity (Wildman–Crippen MR) is 128 cm³/mol. The van der Waals surface area contributed by atoms with Gasteiger partial charge in [-0.05, 0) is 36.6 Å². The molecule has 1 heterocycles. The normalized spacial score (nSPS) is 15.9. The molecule has 2 aromatic carbocycles. The fraction of sp³-hybridized carbons (Fsp3) is 0.385. The van der Waals surface area contributed by atoms with Crippen LogP contribution in [0.1, 0.15) is 30.9 Å². The molecule has 3 amide bonds. The number of benzene rings is 2. The van der Waals surface area contributed by atoms with Crippen LogP contribution < -0.4 is 10.1 Å². The van der Waals surface area contributed by atoms with Crippen LogP contribution in [0, 0.1) is 0 Å². The van der Waals surface area contributed by atoms with Crippen molar-refractivity contribution >= 4 is 23.9 Å². The van der Waals surface area contributed by atoms with Gasteiger partial charge in [0.1, 0.15) is 17.8 Å². The zero-order valence-corrected chi connectivity index (χ0v) is 20.2. The first kappa shape index (κ1) is 25.7. The van der Waals surface area contributed by atoms with E-state index in [2.05, 4.69) is 5.32 Å². The molecule has 1 saturated heterocycles. The average Bonchev–Trinajstić information content (AvgIpc) is 3.20. The van der Waals surface area contributed by atoms with E-state index in [-0.39, 0.29) is 31.3 Å². The van der Waals surface area contributed by atoms with Gasteiger partial charge in [0.25, 0.3) is 0 Å². The fourth-order valence-corrected chi connectivity index (χ4v) is 3.81. The summed E-state index contributed by atoms with van der Waals surface area (Å²) in [7, 11) is 3.17. The van der Waals surface area contributed by atoms with E-state index >= 15 is 0 Å². The van der Waals surface area contributed by atoms with E-state index in [9.17, 15) is 19.2 Å². The molecule has 9 heteroatoms. The lowest BCUT2D eigenvalue weighted by molar-refractivity contribution is -0.148. The minimum atomic E-state index is -0.924. The first-order valence-corrected chi connectivity index (χ1v) is 11.6. The highest BCUT2D eigenvalue weighted by Gasteiger charge is 2.37. The molecule has 35 heavy (non-hydrogen) atoms. The molecule has 1 N–H and O–H groups in total. The summed E-state index contributed by atoms with van der Waals surface area (Å²) in [5.41, 5.74) is 1.68. The Labute approximate surface area is 205 Å². The average molecular weight is 482 g/mol. The largest absolute Gasteiger partial charge is 0.464 e. The summed E-state index contributed by atoms with van der Waals surface area (Å²) >= 11 is 0. The monoisotopic (exact) mass is 481 g/mol. The Bertz CT molecular complexity index is 1040. The Kier molecular flexibility index (Phi) is 8.83. The Balaban J connectivity index is 1.69.